The summed E-state index contributed by atoms with van der Waals surface area (Å²) in [5, 5.41) is 22.2. The van der Waals surface area contributed by atoms with Crippen molar-refractivity contribution < 1.29 is 24.5 Å². The molecule has 1 aliphatic heterocycles. The molecule has 1 rings (SSSR count). The van der Waals surface area contributed by atoms with Gasteiger partial charge < -0.3 is 25.6 Å². The Hall–Kier alpha value is -1.34. The molecule has 0 radical (unpaired) electrons. The number of carboxylic acids is 1. The number of rotatable bonds is 5. The summed E-state index contributed by atoms with van der Waals surface area (Å²) >= 11 is 0. The van der Waals surface area contributed by atoms with Crippen LogP contribution >= 0.6 is 0 Å². The van der Waals surface area contributed by atoms with Gasteiger partial charge in [0, 0.05) is 18.6 Å². The number of carbonyl (C=O) groups excluding carboxylic acids is 1. The van der Waals surface area contributed by atoms with Gasteiger partial charge in [-0.1, -0.05) is 0 Å². The second-order valence-electron chi connectivity index (χ2n) is 4.10. The highest BCUT2D eigenvalue weighted by molar-refractivity contribution is 5.82. The zero-order valence-corrected chi connectivity index (χ0v) is 9.68. The summed E-state index contributed by atoms with van der Waals surface area (Å²) in [5.74, 6) is -1.02. The molecule has 1 fully saturated rings. The molecule has 1 aliphatic rings. The zero-order chi connectivity index (χ0) is 12.8. The van der Waals surface area contributed by atoms with Crippen LogP contribution in [0.5, 0.6) is 0 Å². The predicted molar refractivity (Wildman–Crippen MR) is 58.6 cm³/mol. The van der Waals surface area contributed by atoms with Crippen LogP contribution in [0.3, 0.4) is 0 Å². The first-order chi connectivity index (χ1) is 8.04. The van der Waals surface area contributed by atoms with Crippen LogP contribution in [0.4, 0.5) is 4.79 Å². The number of hydrogen-bond donors (Lipinski definition) is 4. The van der Waals surface area contributed by atoms with Gasteiger partial charge in [-0.3, -0.25) is 0 Å². The summed E-state index contributed by atoms with van der Waals surface area (Å²) in [5.41, 5.74) is 0. The fraction of sp³-hybridized carbons (Fsp3) is 0.800. The van der Waals surface area contributed by atoms with Crippen molar-refractivity contribution >= 4 is 12.0 Å². The lowest BCUT2D eigenvalue weighted by molar-refractivity contribution is -0.140. The third kappa shape index (κ3) is 4.20. The lowest BCUT2D eigenvalue weighted by atomic mass is 10.0. The van der Waals surface area contributed by atoms with Gasteiger partial charge >= 0.3 is 12.0 Å². The Balaban J connectivity index is 2.35. The second-order valence-corrected chi connectivity index (χ2v) is 4.10. The number of hydrogen-bond acceptors (Lipinski definition) is 4. The highest BCUT2D eigenvalue weighted by Crippen LogP contribution is 2.16. The average molecular weight is 246 g/mol. The van der Waals surface area contributed by atoms with Crippen molar-refractivity contribution in [1.82, 2.24) is 10.6 Å². The summed E-state index contributed by atoms with van der Waals surface area (Å²) in [6.45, 7) is 2.49. The van der Waals surface area contributed by atoms with E-state index in [0.717, 1.165) is 6.42 Å². The molecule has 1 heterocycles. The van der Waals surface area contributed by atoms with Gasteiger partial charge in [0.15, 0.2) is 6.04 Å². The quantitative estimate of drug-likeness (QED) is 0.505. The first-order valence-electron chi connectivity index (χ1n) is 5.53. The molecule has 7 heteroatoms. The largest absolute Gasteiger partial charge is 0.480 e. The Labute approximate surface area is 99.1 Å². The van der Waals surface area contributed by atoms with E-state index in [1.165, 1.54) is 0 Å². The molecule has 0 saturated carbocycles. The third-order valence-corrected chi connectivity index (χ3v) is 2.82. The molecule has 0 spiro atoms. The number of carboxylic acid groups (broad SMARTS) is 1. The van der Waals surface area contributed by atoms with Gasteiger partial charge in [0.2, 0.25) is 0 Å². The second kappa shape index (κ2) is 6.41. The third-order valence-electron chi connectivity index (χ3n) is 2.82. The van der Waals surface area contributed by atoms with Crippen LogP contribution in [-0.4, -0.2) is 54.1 Å². The first-order valence-corrected chi connectivity index (χ1v) is 5.53. The first kappa shape index (κ1) is 13.7. The standard InChI is InChI=1S/C10H18N2O5/c1-6(7-2-3-17-5-7)11-10(16)12-8(4-13)9(14)15/h6-8,13H,2-5H2,1H3,(H,14,15)(H2,11,12,16)/t6?,7?,8-/m1/s1. The Morgan fingerprint density at radius 1 is 1.47 bits per heavy atom. The molecule has 17 heavy (non-hydrogen) atoms. The number of aliphatic hydroxyl groups excluding tert-OH is 1. The van der Waals surface area contributed by atoms with Crippen LogP contribution in [0.25, 0.3) is 0 Å². The molecule has 0 aromatic carbocycles. The lowest BCUT2D eigenvalue weighted by Gasteiger charge is -2.20. The molecule has 0 aromatic rings. The molecular formula is C10H18N2O5. The van der Waals surface area contributed by atoms with E-state index in [1.54, 1.807) is 0 Å². The molecule has 4 N–H and O–H groups in total. The number of amides is 2. The molecule has 1 saturated heterocycles. The Kier molecular flexibility index (Phi) is 5.17. The van der Waals surface area contributed by atoms with Crippen molar-refractivity contribution in [2.24, 2.45) is 5.92 Å². The molecule has 0 bridgehead atoms. The Morgan fingerprint density at radius 2 is 2.18 bits per heavy atom. The van der Waals surface area contributed by atoms with Crippen molar-refractivity contribution in [2.75, 3.05) is 19.8 Å². The van der Waals surface area contributed by atoms with E-state index in [0.29, 0.717) is 13.2 Å². The van der Waals surface area contributed by atoms with Gasteiger partial charge in [-0.25, -0.2) is 9.59 Å². The zero-order valence-electron chi connectivity index (χ0n) is 9.68. The van der Waals surface area contributed by atoms with Crippen LogP contribution in [0, 0.1) is 5.92 Å². The van der Waals surface area contributed by atoms with Gasteiger partial charge in [-0.05, 0) is 13.3 Å². The summed E-state index contributed by atoms with van der Waals surface area (Å²) in [7, 11) is 0. The number of urea groups is 1. The van der Waals surface area contributed by atoms with Crippen molar-refractivity contribution in [3.05, 3.63) is 0 Å². The van der Waals surface area contributed by atoms with Crippen LogP contribution in [0.2, 0.25) is 0 Å². The predicted octanol–water partition coefficient (Wildman–Crippen LogP) is -0.844. The van der Waals surface area contributed by atoms with Gasteiger partial charge in [-0.15, -0.1) is 0 Å². The van der Waals surface area contributed by atoms with E-state index in [-0.39, 0.29) is 12.0 Å². The number of aliphatic hydroxyl groups is 1. The number of aliphatic carboxylic acids is 1. The summed E-state index contributed by atoms with van der Waals surface area (Å²) in [6, 6.07) is -1.96. The molecule has 7 nitrogen and oxygen atoms in total. The van der Waals surface area contributed by atoms with Crippen molar-refractivity contribution in [1.29, 1.82) is 0 Å². The van der Waals surface area contributed by atoms with E-state index in [1.807, 2.05) is 6.92 Å². The molecular weight excluding hydrogens is 228 g/mol. The number of ether oxygens (including phenoxy) is 1. The van der Waals surface area contributed by atoms with Crippen LogP contribution in [0.15, 0.2) is 0 Å². The van der Waals surface area contributed by atoms with E-state index >= 15 is 0 Å². The smallest absolute Gasteiger partial charge is 0.328 e. The average Bonchev–Trinajstić information content (AvgIpc) is 2.78. The molecule has 2 unspecified atom stereocenters. The summed E-state index contributed by atoms with van der Waals surface area (Å²) in [6.07, 6.45) is 0.879. The maximum atomic E-state index is 11.4. The van der Waals surface area contributed by atoms with Crippen molar-refractivity contribution in [3.63, 3.8) is 0 Å². The van der Waals surface area contributed by atoms with E-state index in [9.17, 15) is 9.59 Å². The summed E-state index contributed by atoms with van der Waals surface area (Å²) < 4.78 is 5.19. The SMILES string of the molecule is CC(NC(=O)N[C@H](CO)C(=O)O)C1CCOC1. The van der Waals surface area contributed by atoms with Crippen molar-refractivity contribution in [2.45, 2.75) is 25.4 Å². The minimum atomic E-state index is -1.28. The number of carbonyl (C=O) groups is 2. The van der Waals surface area contributed by atoms with Crippen molar-refractivity contribution in [3.8, 4) is 0 Å². The van der Waals surface area contributed by atoms with Gasteiger partial charge in [0.25, 0.3) is 0 Å². The van der Waals surface area contributed by atoms with Gasteiger partial charge in [0.1, 0.15) is 0 Å². The minimum absolute atomic E-state index is 0.0920. The normalized spacial score (nSPS) is 22.8. The van der Waals surface area contributed by atoms with Crippen LogP contribution in [0.1, 0.15) is 13.3 Å². The Morgan fingerprint density at radius 3 is 2.65 bits per heavy atom. The van der Waals surface area contributed by atoms with E-state index < -0.39 is 24.6 Å². The lowest BCUT2D eigenvalue weighted by Crippen LogP contribution is -2.51. The van der Waals surface area contributed by atoms with E-state index in [2.05, 4.69) is 10.6 Å². The van der Waals surface area contributed by atoms with Gasteiger partial charge in [-0.2, -0.15) is 0 Å². The van der Waals surface area contributed by atoms with Crippen LogP contribution < -0.4 is 10.6 Å². The maximum Gasteiger partial charge on any atom is 0.328 e. The summed E-state index contributed by atoms with van der Waals surface area (Å²) in [4.78, 5) is 22.0. The molecule has 98 valence electrons. The fourth-order valence-electron chi connectivity index (χ4n) is 1.66. The maximum absolute atomic E-state index is 11.4. The van der Waals surface area contributed by atoms with E-state index in [4.69, 9.17) is 14.9 Å². The Bertz CT molecular complexity index is 278. The minimum Gasteiger partial charge on any atom is -0.480 e. The molecule has 0 aliphatic carbocycles. The molecule has 0 aromatic heterocycles. The van der Waals surface area contributed by atoms with Crippen LogP contribution in [-0.2, 0) is 9.53 Å². The number of nitrogens with one attached hydrogen (secondary N) is 2. The topological polar surface area (TPSA) is 108 Å². The van der Waals surface area contributed by atoms with Gasteiger partial charge in [0.05, 0.1) is 13.2 Å². The highest BCUT2D eigenvalue weighted by atomic mass is 16.5. The monoisotopic (exact) mass is 246 g/mol. The molecule has 3 atom stereocenters. The highest BCUT2D eigenvalue weighted by Gasteiger charge is 2.25. The molecule has 2 amide bonds. The fourth-order valence-corrected chi connectivity index (χ4v) is 1.66.